The van der Waals surface area contributed by atoms with Crippen LogP contribution in [-0.4, -0.2) is 21.1 Å². The lowest BCUT2D eigenvalue weighted by atomic mass is 10.2. The highest BCUT2D eigenvalue weighted by atomic mass is 79.9. The molecule has 0 atom stereocenters. The number of aryl methyl sites for hydroxylation is 1. The fourth-order valence-electron chi connectivity index (χ4n) is 2.12. The first-order chi connectivity index (χ1) is 12.2. The van der Waals surface area contributed by atoms with Crippen LogP contribution in [0.4, 0.5) is 0 Å². The average molecular weight is 440 g/mol. The average Bonchev–Trinajstić information content (AvgIpc) is 3.19. The lowest BCUT2D eigenvalue weighted by Crippen LogP contribution is -2.00. The van der Waals surface area contributed by atoms with Crippen LogP contribution >= 0.6 is 39.3 Å². The molecule has 0 saturated carbocycles. The molecule has 1 aromatic carbocycles. The Morgan fingerprint density at radius 2 is 2.04 bits per heavy atom. The molecule has 0 radical (unpaired) electrons. The quantitative estimate of drug-likeness (QED) is 0.364. The molecule has 5 nitrogen and oxygen atoms in total. The molecule has 25 heavy (non-hydrogen) atoms. The molecule has 0 N–H and O–H groups in total. The highest BCUT2D eigenvalue weighted by Gasteiger charge is 2.12. The first-order valence-corrected chi connectivity index (χ1v) is 9.92. The number of nitrogens with zero attached hydrogens (tertiary/aromatic N) is 4. The number of hydrogen-bond donors (Lipinski definition) is 0. The molecule has 0 saturated heterocycles. The van der Waals surface area contributed by atoms with E-state index in [0.717, 1.165) is 34.6 Å². The lowest BCUT2D eigenvalue weighted by Gasteiger charge is -2.04. The largest absolute Gasteiger partial charge is 0.448 e. The zero-order valence-corrected chi connectivity index (χ0v) is 16.7. The van der Waals surface area contributed by atoms with E-state index in [2.05, 4.69) is 38.2 Å². The molecule has 3 aromatic rings. The molecule has 0 bridgehead atoms. The van der Waals surface area contributed by atoms with Gasteiger partial charge in [0, 0.05) is 17.2 Å². The Balaban J connectivity index is 1.78. The summed E-state index contributed by atoms with van der Waals surface area (Å²) >= 11 is 10.8. The van der Waals surface area contributed by atoms with Gasteiger partial charge < -0.3 is 4.42 Å². The maximum atomic E-state index is 5.93. The molecule has 0 fully saturated rings. The number of furan rings is 1. The van der Waals surface area contributed by atoms with Crippen molar-refractivity contribution in [1.82, 2.24) is 14.9 Å². The van der Waals surface area contributed by atoms with Crippen LogP contribution in [0.5, 0.6) is 0 Å². The minimum atomic E-state index is 0.664. The molecule has 0 aliphatic heterocycles. The van der Waals surface area contributed by atoms with Crippen molar-refractivity contribution in [1.29, 1.82) is 0 Å². The van der Waals surface area contributed by atoms with Crippen molar-refractivity contribution in [2.24, 2.45) is 5.10 Å². The molecule has 0 aliphatic carbocycles. The van der Waals surface area contributed by atoms with Crippen LogP contribution in [-0.2, 0) is 12.2 Å². The Hall–Kier alpha value is -1.57. The number of aromatic nitrogens is 3. The van der Waals surface area contributed by atoms with Crippen LogP contribution < -0.4 is 0 Å². The van der Waals surface area contributed by atoms with Gasteiger partial charge in [-0.05, 0) is 52.2 Å². The second kappa shape index (κ2) is 8.69. The van der Waals surface area contributed by atoms with Crippen LogP contribution in [0.2, 0.25) is 5.02 Å². The van der Waals surface area contributed by atoms with Crippen LogP contribution in [0.25, 0.3) is 0 Å². The standard InChI is InChI=1S/C17H16BrClN4OS/c1-2-3-16-21-22-17(25-11-12-4-6-13(19)7-5-12)23(16)20-10-14-8-9-15(18)24-14/h4-10H,2-3,11H2,1H3/b20-10-. The Kier molecular flexibility index (Phi) is 6.34. The summed E-state index contributed by atoms with van der Waals surface area (Å²) in [5.74, 6) is 2.27. The van der Waals surface area contributed by atoms with Crippen molar-refractivity contribution in [2.75, 3.05) is 0 Å². The molecule has 0 aliphatic rings. The van der Waals surface area contributed by atoms with Crippen molar-refractivity contribution < 1.29 is 4.42 Å². The summed E-state index contributed by atoms with van der Waals surface area (Å²) in [7, 11) is 0. The molecule has 2 aromatic heterocycles. The normalized spacial score (nSPS) is 11.5. The van der Waals surface area contributed by atoms with Gasteiger partial charge in [0.2, 0.25) is 5.16 Å². The Labute approximate surface area is 163 Å². The third-order valence-electron chi connectivity index (χ3n) is 3.33. The van der Waals surface area contributed by atoms with Gasteiger partial charge in [-0.25, -0.2) is 0 Å². The third kappa shape index (κ3) is 4.96. The van der Waals surface area contributed by atoms with Crippen molar-refractivity contribution in [3.05, 3.63) is 63.2 Å². The topological polar surface area (TPSA) is 56.2 Å². The zero-order chi connectivity index (χ0) is 17.6. The van der Waals surface area contributed by atoms with E-state index in [1.54, 1.807) is 22.7 Å². The van der Waals surface area contributed by atoms with Crippen molar-refractivity contribution in [3.63, 3.8) is 0 Å². The third-order valence-corrected chi connectivity index (χ3v) is 4.99. The van der Waals surface area contributed by atoms with E-state index < -0.39 is 0 Å². The lowest BCUT2D eigenvalue weighted by molar-refractivity contribution is 0.533. The van der Waals surface area contributed by atoms with E-state index in [0.29, 0.717) is 10.4 Å². The minimum absolute atomic E-state index is 0.664. The summed E-state index contributed by atoms with van der Waals surface area (Å²) in [4.78, 5) is 0. The smallest absolute Gasteiger partial charge is 0.212 e. The summed E-state index contributed by atoms with van der Waals surface area (Å²) in [6.45, 7) is 2.10. The Morgan fingerprint density at radius 3 is 2.72 bits per heavy atom. The molecule has 130 valence electrons. The number of halogens is 2. The predicted molar refractivity (Wildman–Crippen MR) is 104 cm³/mol. The summed E-state index contributed by atoms with van der Waals surface area (Å²) < 4.78 is 7.90. The molecular formula is C17H16BrClN4OS. The van der Waals surface area contributed by atoms with E-state index in [1.807, 2.05) is 36.4 Å². The number of thioether (sulfide) groups is 1. The molecule has 0 amide bonds. The van der Waals surface area contributed by atoms with E-state index >= 15 is 0 Å². The first kappa shape index (κ1) is 18.2. The predicted octanol–water partition coefficient (Wildman–Crippen LogP) is 5.41. The van der Waals surface area contributed by atoms with Gasteiger partial charge in [-0.1, -0.05) is 42.4 Å². The van der Waals surface area contributed by atoms with E-state index in [9.17, 15) is 0 Å². The van der Waals surface area contributed by atoms with Crippen LogP contribution in [0.3, 0.4) is 0 Å². The van der Waals surface area contributed by atoms with Crippen molar-refractivity contribution >= 4 is 45.5 Å². The van der Waals surface area contributed by atoms with Gasteiger partial charge in [0.15, 0.2) is 10.5 Å². The highest BCUT2D eigenvalue weighted by Crippen LogP contribution is 2.23. The molecule has 3 rings (SSSR count). The van der Waals surface area contributed by atoms with Crippen LogP contribution in [0.1, 0.15) is 30.5 Å². The van der Waals surface area contributed by atoms with Crippen LogP contribution in [0.15, 0.2) is 55.7 Å². The van der Waals surface area contributed by atoms with Crippen molar-refractivity contribution in [3.8, 4) is 0 Å². The zero-order valence-electron chi connectivity index (χ0n) is 13.5. The molecule has 0 spiro atoms. The van der Waals surface area contributed by atoms with Crippen molar-refractivity contribution in [2.45, 2.75) is 30.7 Å². The fraction of sp³-hybridized carbons (Fsp3) is 0.235. The van der Waals surface area contributed by atoms with Gasteiger partial charge in [-0.15, -0.1) is 10.2 Å². The van der Waals surface area contributed by atoms with Gasteiger partial charge in [0.1, 0.15) is 5.76 Å². The maximum absolute atomic E-state index is 5.93. The summed E-state index contributed by atoms with van der Waals surface area (Å²) in [6.07, 6.45) is 3.45. The highest BCUT2D eigenvalue weighted by molar-refractivity contribution is 9.10. The maximum Gasteiger partial charge on any atom is 0.212 e. The van der Waals surface area contributed by atoms with Crippen LogP contribution in [0, 0.1) is 0 Å². The second-order valence-corrected chi connectivity index (χ2v) is 7.42. The van der Waals surface area contributed by atoms with Gasteiger partial charge in [-0.3, -0.25) is 0 Å². The number of benzene rings is 1. The number of rotatable bonds is 7. The SMILES string of the molecule is CCCc1nnc(SCc2ccc(Cl)cc2)n1/N=C\c1ccc(Br)o1. The summed E-state index contributed by atoms with van der Waals surface area (Å²) in [5, 5.41) is 14.5. The summed E-state index contributed by atoms with van der Waals surface area (Å²) in [6, 6.07) is 11.5. The Morgan fingerprint density at radius 1 is 1.24 bits per heavy atom. The minimum Gasteiger partial charge on any atom is -0.448 e. The first-order valence-electron chi connectivity index (χ1n) is 7.77. The summed E-state index contributed by atoms with van der Waals surface area (Å²) in [5.41, 5.74) is 1.17. The van der Waals surface area contributed by atoms with Gasteiger partial charge in [-0.2, -0.15) is 9.78 Å². The van der Waals surface area contributed by atoms with E-state index in [-0.39, 0.29) is 0 Å². The molecule has 8 heteroatoms. The molecular weight excluding hydrogens is 424 g/mol. The van der Waals surface area contributed by atoms with E-state index in [1.165, 1.54) is 5.56 Å². The van der Waals surface area contributed by atoms with Gasteiger partial charge >= 0.3 is 0 Å². The second-order valence-electron chi connectivity index (χ2n) is 5.26. The number of hydrogen-bond acceptors (Lipinski definition) is 5. The van der Waals surface area contributed by atoms with Gasteiger partial charge in [0.05, 0.1) is 6.21 Å². The van der Waals surface area contributed by atoms with E-state index in [4.69, 9.17) is 16.0 Å². The fourth-order valence-corrected chi connectivity index (χ4v) is 3.43. The molecule has 2 heterocycles. The monoisotopic (exact) mass is 438 g/mol. The van der Waals surface area contributed by atoms with Gasteiger partial charge in [0.25, 0.3) is 0 Å². The Bertz CT molecular complexity index is 860. The molecule has 0 unspecified atom stereocenters.